The van der Waals surface area contributed by atoms with Crippen LogP contribution in [0.15, 0.2) is 12.3 Å². The molecule has 4 nitrogen and oxygen atoms in total. The monoisotopic (exact) mass is 251 g/mol. The van der Waals surface area contributed by atoms with Crippen LogP contribution in [0.1, 0.15) is 51.0 Å². The molecule has 3 N–H and O–H groups in total. The number of rotatable bonds is 6. The van der Waals surface area contributed by atoms with Crippen molar-refractivity contribution in [1.82, 2.24) is 9.88 Å². The van der Waals surface area contributed by atoms with E-state index < -0.39 is 0 Å². The van der Waals surface area contributed by atoms with E-state index in [1.54, 1.807) is 12.3 Å². The van der Waals surface area contributed by atoms with Gasteiger partial charge in [0.15, 0.2) is 0 Å². The van der Waals surface area contributed by atoms with Gasteiger partial charge in [-0.2, -0.15) is 0 Å². The number of nitrogens with zero attached hydrogens (tertiary/aromatic N) is 1. The smallest absolute Gasteiger partial charge is 0.270 e. The van der Waals surface area contributed by atoms with E-state index in [1.807, 2.05) is 4.90 Å². The molecule has 1 amide bonds. The van der Waals surface area contributed by atoms with Gasteiger partial charge in [-0.3, -0.25) is 4.79 Å². The number of nitrogens with one attached hydrogen (secondary N) is 1. The molecule has 0 spiro atoms. The summed E-state index contributed by atoms with van der Waals surface area (Å²) in [7, 11) is 0. The van der Waals surface area contributed by atoms with E-state index in [0.29, 0.717) is 23.3 Å². The molecule has 0 bridgehead atoms. The number of carbonyl (C=O) groups is 1. The van der Waals surface area contributed by atoms with Crippen molar-refractivity contribution in [3.05, 3.63) is 18.0 Å². The minimum absolute atomic E-state index is 0.0501. The Morgan fingerprint density at radius 3 is 2.39 bits per heavy atom. The summed E-state index contributed by atoms with van der Waals surface area (Å²) >= 11 is 0. The van der Waals surface area contributed by atoms with Gasteiger partial charge in [-0.15, -0.1) is 0 Å². The molecule has 1 aromatic rings. The summed E-state index contributed by atoms with van der Waals surface area (Å²) in [5.74, 6) is 0.510. The SMILES string of the molecule is CCC(CC)N(CC(C)C)C(=O)c1cc(N)c[nH]1. The van der Waals surface area contributed by atoms with E-state index in [1.165, 1.54) is 0 Å². The molecule has 18 heavy (non-hydrogen) atoms. The zero-order chi connectivity index (χ0) is 13.7. The van der Waals surface area contributed by atoms with E-state index in [-0.39, 0.29) is 5.91 Å². The first-order chi connectivity index (χ1) is 8.49. The Morgan fingerprint density at radius 2 is 2.00 bits per heavy atom. The lowest BCUT2D eigenvalue weighted by Crippen LogP contribution is -2.42. The predicted molar refractivity (Wildman–Crippen MR) is 75.4 cm³/mol. The number of carbonyl (C=O) groups excluding carboxylic acids is 1. The average Bonchev–Trinajstić information content (AvgIpc) is 2.74. The maximum atomic E-state index is 12.5. The van der Waals surface area contributed by atoms with Crippen LogP contribution in [0.2, 0.25) is 0 Å². The highest BCUT2D eigenvalue weighted by Gasteiger charge is 2.23. The summed E-state index contributed by atoms with van der Waals surface area (Å²) in [6.07, 6.45) is 3.62. The number of H-pyrrole nitrogens is 1. The van der Waals surface area contributed by atoms with Gasteiger partial charge in [-0.1, -0.05) is 27.7 Å². The summed E-state index contributed by atoms with van der Waals surface area (Å²) in [5, 5.41) is 0. The van der Waals surface area contributed by atoms with E-state index >= 15 is 0 Å². The Balaban J connectivity index is 2.91. The number of anilines is 1. The molecule has 0 radical (unpaired) electrons. The van der Waals surface area contributed by atoms with Crippen molar-refractivity contribution in [2.24, 2.45) is 5.92 Å². The van der Waals surface area contributed by atoms with Gasteiger partial charge in [0.2, 0.25) is 0 Å². The first-order valence-electron chi connectivity index (χ1n) is 6.74. The maximum absolute atomic E-state index is 12.5. The van der Waals surface area contributed by atoms with Gasteiger partial charge in [0.05, 0.1) is 0 Å². The highest BCUT2D eigenvalue weighted by atomic mass is 16.2. The zero-order valence-corrected chi connectivity index (χ0v) is 11.9. The third-order valence-corrected chi connectivity index (χ3v) is 3.14. The Kier molecular flexibility index (Phi) is 5.25. The van der Waals surface area contributed by atoms with Crippen molar-refractivity contribution in [2.75, 3.05) is 12.3 Å². The van der Waals surface area contributed by atoms with Gasteiger partial charge in [-0.05, 0) is 24.8 Å². The lowest BCUT2D eigenvalue weighted by atomic mass is 10.1. The minimum Gasteiger partial charge on any atom is -0.397 e. The third kappa shape index (κ3) is 3.52. The van der Waals surface area contributed by atoms with Crippen LogP contribution < -0.4 is 5.73 Å². The molecule has 0 fully saturated rings. The van der Waals surface area contributed by atoms with Gasteiger partial charge in [-0.25, -0.2) is 0 Å². The van der Waals surface area contributed by atoms with Crippen molar-refractivity contribution >= 4 is 11.6 Å². The van der Waals surface area contributed by atoms with Gasteiger partial charge in [0.25, 0.3) is 5.91 Å². The molecule has 0 aliphatic heterocycles. The maximum Gasteiger partial charge on any atom is 0.270 e. The van der Waals surface area contributed by atoms with Crippen molar-refractivity contribution in [2.45, 2.75) is 46.6 Å². The molecule has 0 aromatic carbocycles. The Morgan fingerprint density at radius 1 is 1.39 bits per heavy atom. The highest BCUT2D eigenvalue weighted by Crippen LogP contribution is 2.16. The molecule has 0 atom stereocenters. The van der Waals surface area contributed by atoms with Crippen LogP contribution in [0.5, 0.6) is 0 Å². The second kappa shape index (κ2) is 6.47. The van der Waals surface area contributed by atoms with Gasteiger partial charge >= 0.3 is 0 Å². The number of nitrogen functional groups attached to an aromatic ring is 1. The molecule has 0 aliphatic rings. The van der Waals surface area contributed by atoms with Crippen molar-refractivity contribution < 1.29 is 4.79 Å². The van der Waals surface area contributed by atoms with Crippen LogP contribution in [-0.2, 0) is 0 Å². The van der Waals surface area contributed by atoms with E-state index in [2.05, 4.69) is 32.7 Å². The number of hydrogen-bond acceptors (Lipinski definition) is 2. The summed E-state index contributed by atoms with van der Waals surface area (Å²) < 4.78 is 0. The lowest BCUT2D eigenvalue weighted by molar-refractivity contribution is 0.0635. The third-order valence-electron chi connectivity index (χ3n) is 3.14. The van der Waals surface area contributed by atoms with Crippen LogP contribution in [0.3, 0.4) is 0 Å². The van der Waals surface area contributed by atoms with Gasteiger partial charge in [0.1, 0.15) is 5.69 Å². The number of aromatic amines is 1. The number of aromatic nitrogens is 1. The molecule has 0 unspecified atom stereocenters. The fourth-order valence-electron chi connectivity index (χ4n) is 2.21. The molecule has 4 heteroatoms. The first-order valence-corrected chi connectivity index (χ1v) is 6.74. The second-order valence-electron chi connectivity index (χ2n) is 5.17. The first kappa shape index (κ1) is 14.6. The molecule has 1 rings (SSSR count). The number of amides is 1. The highest BCUT2D eigenvalue weighted by molar-refractivity contribution is 5.93. The Labute approximate surface area is 110 Å². The molecule has 1 heterocycles. The summed E-state index contributed by atoms with van der Waals surface area (Å²) in [6, 6.07) is 2.00. The normalized spacial score (nSPS) is 11.2. The van der Waals surface area contributed by atoms with Crippen LogP contribution in [0, 0.1) is 5.92 Å². The molecule has 0 saturated heterocycles. The molecule has 102 valence electrons. The largest absolute Gasteiger partial charge is 0.397 e. The second-order valence-corrected chi connectivity index (χ2v) is 5.17. The van der Waals surface area contributed by atoms with Crippen molar-refractivity contribution in [3.8, 4) is 0 Å². The summed E-state index contributed by atoms with van der Waals surface area (Å²) in [4.78, 5) is 17.4. The molecule has 0 saturated carbocycles. The number of hydrogen-bond donors (Lipinski definition) is 2. The topological polar surface area (TPSA) is 62.1 Å². The standard InChI is InChI=1S/C14H25N3O/c1-5-12(6-2)17(9-10(3)4)14(18)13-7-11(15)8-16-13/h7-8,10,12,16H,5-6,9,15H2,1-4H3. The van der Waals surface area contributed by atoms with Crippen LogP contribution in [0.4, 0.5) is 5.69 Å². The van der Waals surface area contributed by atoms with E-state index in [4.69, 9.17) is 5.73 Å². The van der Waals surface area contributed by atoms with Crippen LogP contribution in [-0.4, -0.2) is 28.4 Å². The molecule has 0 aliphatic carbocycles. The number of nitrogens with two attached hydrogens (primary N) is 1. The fraction of sp³-hybridized carbons (Fsp3) is 0.643. The summed E-state index contributed by atoms with van der Waals surface area (Å²) in [6.45, 7) is 9.29. The molecular weight excluding hydrogens is 226 g/mol. The lowest BCUT2D eigenvalue weighted by Gasteiger charge is -2.31. The van der Waals surface area contributed by atoms with E-state index in [0.717, 1.165) is 19.4 Å². The predicted octanol–water partition coefficient (Wildman–Crippen LogP) is 2.88. The fourth-order valence-corrected chi connectivity index (χ4v) is 2.21. The Hall–Kier alpha value is -1.45. The molecular formula is C14H25N3O. The average molecular weight is 251 g/mol. The van der Waals surface area contributed by atoms with Crippen LogP contribution in [0.25, 0.3) is 0 Å². The van der Waals surface area contributed by atoms with E-state index in [9.17, 15) is 4.79 Å². The van der Waals surface area contributed by atoms with Crippen molar-refractivity contribution in [3.63, 3.8) is 0 Å². The Bertz CT molecular complexity index is 380. The molecule has 1 aromatic heterocycles. The van der Waals surface area contributed by atoms with Gasteiger partial charge < -0.3 is 15.6 Å². The zero-order valence-electron chi connectivity index (χ0n) is 11.9. The quantitative estimate of drug-likeness (QED) is 0.816. The van der Waals surface area contributed by atoms with Gasteiger partial charge in [0, 0.05) is 24.5 Å². The van der Waals surface area contributed by atoms with Crippen LogP contribution >= 0.6 is 0 Å². The summed E-state index contributed by atoms with van der Waals surface area (Å²) in [5.41, 5.74) is 6.84. The van der Waals surface area contributed by atoms with Crippen molar-refractivity contribution in [1.29, 1.82) is 0 Å². The minimum atomic E-state index is 0.0501.